The molecule has 0 aliphatic heterocycles. The molecule has 0 amide bonds. The third-order valence-corrected chi connectivity index (χ3v) is 1.59. The molecular formula is C19H44CoN3. The minimum atomic E-state index is 0. The predicted octanol–water partition coefficient (Wildman–Crippen LogP) is 7.36. The Balaban J connectivity index is -0.000000124. The molecule has 0 spiro atoms. The first-order valence-electron chi connectivity index (χ1n) is 8.46. The van der Waals surface area contributed by atoms with Crippen molar-refractivity contribution < 1.29 is 16.8 Å². The fourth-order valence-corrected chi connectivity index (χ4v) is 2.01. The maximum atomic E-state index is 6.45. The third kappa shape index (κ3) is 51.9. The van der Waals surface area contributed by atoms with Gasteiger partial charge in [-0.2, -0.15) is 6.54 Å². The Morgan fingerprint density at radius 2 is 0.696 bits per heavy atom. The Bertz CT molecular complexity index is 198. The maximum Gasteiger partial charge on any atom is 3.00 e. The van der Waals surface area contributed by atoms with E-state index >= 15 is 0 Å². The average Bonchev–Trinajstić information content (AvgIpc) is 2.06. The summed E-state index contributed by atoms with van der Waals surface area (Å²) >= 11 is 0. The van der Waals surface area contributed by atoms with Crippen molar-refractivity contribution in [1.82, 2.24) is 0 Å². The number of hydrogen-bond donors (Lipinski definition) is 0. The fraction of sp³-hybridized carbons (Fsp3) is 1.00. The molecule has 0 aliphatic carbocycles. The van der Waals surface area contributed by atoms with E-state index in [-0.39, 0.29) is 38.9 Å². The van der Waals surface area contributed by atoms with Crippen LogP contribution in [0, 0.1) is 0 Å². The summed E-state index contributed by atoms with van der Waals surface area (Å²) < 4.78 is 0. The van der Waals surface area contributed by atoms with Crippen LogP contribution in [-0.4, -0.2) is 28.7 Å². The molecule has 0 unspecified atom stereocenters. The van der Waals surface area contributed by atoms with Gasteiger partial charge in [-0.15, -0.1) is 22.2 Å². The molecule has 4 heteroatoms. The molecule has 0 aromatic rings. The molecule has 0 bridgehead atoms. The van der Waals surface area contributed by atoms with Crippen molar-refractivity contribution in [3.63, 3.8) is 0 Å². The van der Waals surface area contributed by atoms with Crippen molar-refractivity contribution in [1.29, 1.82) is 0 Å². The molecule has 1 N–H and O–H groups in total. The van der Waals surface area contributed by atoms with E-state index in [4.69, 9.17) is 5.73 Å². The van der Waals surface area contributed by atoms with Crippen LogP contribution in [0.2, 0.25) is 0 Å². The van der Waals surface area contributed by atoms with Crippen molar-refractivity contribution >= 4 is 0 Å². The summed E-state index contributed by atoms with van der Waals surface area (Å²) in [6.45, 7) is 28.0. The van der Waals surface area contributed by atoms with Gasteiger partial charge in [-0.05, 0) is 0 Å². The molecular weight excluding hydrogens is 329 g/mol. The van der Waals surface area contributed by atoms with Crippen LogP contribution in [0.15, 0.2) is 0 Å². The molecule has 0 heterocycles. The minimum absolute atomic E-state index is 0. The summed E-state index contributed by atoms with van der Waals surface area (Å²) in [5.41, 5.74) is 6.89. The largest absolute Gasteiger partial charge is 3.00 e. The molecule has 0 fully saturated rings. The van der Waals surface area contributed by atoms with Gasteiger partial charge < -0.3 is 16.4 Å². The van der Waals surface area contributed by atoms with E-state index in [9.17, 15) is 0 Å². The van der Waals surface area contributed by atoms with Crippen LogP contribution in [-0.2, 0) is 16.8 Å². The van der Waals surface area contributed by atoms with Gasteiger partial charge in [-0.1, -0.05) is 96.4 Å². The Kier molecular flexibility index (Phi) is 17.2. The smallest absolute Gasteiger partial charge is 0.677 e. The zero-order valence-electron chi connectivity index (χ0n) is 18.1. The van der Waals surface area contributed by atoms with E-state index < -0.39 is 0 Å². The second kappa shape index (κ2) is 12.7. The average molecular weight is 374 g/mol. The van der Waals surface area contributed by atoms with Crippen LogP contribution in [0.4, 0.5) is 0 Å². The summed E-state index contributed by atoms with van der Waals surface area (Å²) in [6.07, 6.45) is 0.986. The van der Waals surface area contributed by atoms with Crippen molar-refractivity contribution in [2.75, 3.05) is 6.54 Å². The fourth-order valence-electron chi connectivity index (χ4n) is 2.01. The molecule has 0 aromatic carbocycles. The number of rotatable bonds is 1. The molecule has 144 valence electrons. The molecule has 0 rings (SSSR count). The second-order valence-corrected chi connectivity index (χ2v) is 9.66. The van der Waals surface area contributed by atoms with Crippen molar-refractivity contribution in [3.8, 4) is 0 Å². The molecule has 0 radical (unpaired) electrons. The summed E-state index contributed by atoms with van der Waals surface area (Å²) in [6, 6.07) is 0. The van der Waals surface area contributed by atoms with Crippen molar-refractivity contribution in [2.24, 2.45) is 0 Å². The second-order valence-electron chi connectivity index (χ2n) is 9.66. The zero-order chi connectivity index (χ0) is 18.8. The normalized spacial score (nSPS) is 12.3. The molecule has 0 aliphatic rings. The number of hydrogen-bond acceptors (Lipinski definition) is 0. The SMILES string of the molecule is CC(C)(C)[N-]C(C)(C)C.CC(C)(C)[N-]C(C)(C)C.CCC[NH-].[Co+3]. The Hall–Kier alpha value is 0.386. The van der Waals surface area contributed by atoms with Crippen LogP contribution < -0.4 is 0 Å². The van der Waals surface area contributed by atoms with Crippen LogP contribution in [0.3, 0.4) is 0 Å². The molecule has 0 aromatic heterocycles. The Labute approximate surface area is 158 Å². The molecule has 23 heavy (non-hydrogen) atoms. The van der Waals surface area contributed by atoms with E-state index in [0.29, 0.717) is 6.54 Å². The van der Waals surface area contributed by atoms with Crippen LogP contribution in [0.1, 0.15) is 96.4 Å². The van der Waals surface area contributed by atoms with E-state index in [0.717, 1.165) is 6.42 Å². The van der Waals surface area contributed by atoms with Gasteiger partial charge >= 0.3 is 16.8 Å². The Morgan fingerprint density at radius 1 is 0.565 bits per heavy atom. The maximum absolute atomic E-state index is 6.45. The standard InChI is InChI=1S/2C8H18N.C3H8N.Co/c2*1-7(2,3)9-8(4,5)6;1-2-3-4;/h2*1-6H3;4H,2-3H2,1H3;/q3*-1;+3. The quantitative estimate of drug-likeness (QED) is 0.461. The van der Waals surface area contributed by atoms with E-state index in [1.54, 1.807) is 0 Å². The van der Waals surface area contributed by atoms with Gasteiger partial charge in [0.1, 0.15) is 0 Å². The predicted molar refractivity (Wildman–Crippen MR) is 105 cm³/mol. The summed E-state index contributed by atoms with van der Waals surface area (Å²) in [5, 5.41) is 9.08. The summed E-state index contributed by atoms with van der Waals surface area (Å²) in [7, 11) is 0. The molecule has 0 atom stereocenters. The van der Waals surface area contributed by atoms with Gasteiger partial charge in [0.2, 0.25) is 0 Å². The van der Waals surface area contributed by atoms with Crippen molar-refractivity contribution in [2.45, 2.75) is 119 Å². The van der Waals surface area contributed by atoms with Crippen LogP contribution in [0.5, 0.6) is 0 Å². The van der Waals surface area contributed by atoms with Gasteiger partial charge in [0.05, 0.1) is 0 Å². The van der Waals surface area contributed by atoms with Gasteiger partial charge in [0.15, 0.2) is 0 Å². The first-order valence-corrected chi connectivity index (χ1v) is 8.46. The van der Waals surface area contributed by atoms with E-state index in [2.05, 4.69) is 93.7 Å². The Morgan fingerprint density at radius 3 is 0.696 bits per heavy atom. The van der Waals surface area contributed by atoms with Gasteiger partial charge in [0, 0.05) is 0 Å². The summed E-state index contributed by atoms with van der Waals surface area (Å²) in [4.78, 5) is 0. The van der Waals surface area contributed by atoms with Crippen LogP contribution >= 0.6 is 0 Å². The van der Waals surface area contributed by atoms with Gasteiger partial charge in [0.25, 0.3) is 0 Å². The van der Waals surface area contributed by atoms with E-state index in [1.807, 2.05) is 6.92 Å². The third-order valence-electron chi connectivity index (χ3n) is 1.59. The van der Waals surface area contributed by atoms with Crippen LogP contribution in [0.25, 0.3) is 16.4 Å². The van der Waals surface area contributed by atoms with Gasteiger partial charge in [-0.25, -0.2) is 0 Å². The molecule has 3 nitrogen and oxygen atoms in total. The summed E-state index contributed by atoms with van der Waals surface area (Å²) in [5.74, 6) is 0. The number of nitrogens with one attached hydrogen (secondary N) is 1. The topological polar surface area (TPSA) is 52.0 Å². The number of nitrogens with zero attached hydrogens (tertiary/aromatic N) is 2. The minimum Gasteiger partial charge on any atom is -0.677 e. The molecule has 0 saturated carbocycles. The van der Waals surface area contributed by atoms with Gasteiger partial charge in [-0.3, -0.25) is 0 Å². The zero-order valence-corrected chi connectivity index (χ0v) is 19.2. The monoisotopic (exact) mass is 373 g/mol. The van der Waals surface area contributed by atoms with Crippen molar-refractivity contribution in [3.05, 3.63) is 16.4 Å². The first kappa shape index (κ1) is 31.2. The molecule has 0 saturated heterocycles. The first-order chi connectivity index (χ1) is 9.33. The van der Waals surface area contributed by atoms with E-state index in [1.165, 1.54) is 0 Å².